The Labute approximate surface area is 101 Å². The first-order valence-electron chi connectivity index (χ1n) is 6.07. The molecule has 0 aromatic rings. The fraction of sp³-hybridized carbons (Fsp3) is 0.917. The Kier molecular flexibility index (Phi) is 3.23. The van der Waals surface area contributed by atoms with E-state index in [2.05, 4.69) is 19.2 Å². The Balaban J connectivity index is 2.01. The van der Waals surface area contributed by atoms with Crippen molar-refractivity contribution in [3.63, 3.8) is 0 Å². The molecular weight excluding hydrogens is 222 g/mol. The zero-order valence-electron chi connectivity index (χ0n) is 10.1. The second kappa shape index (κ2) is 4.22. The van der Waals surface area contributed by atoms with Crippen LogP contribution in [-0.4, -0.2) is 27.7 Å². The molecule has 1 saturated carbocycles. The topological polar surface area (TPSA) is 49.3 Å². The summed E-state index contributed by atoms with van der Waals surface area (Å²) in [4.78, 5) is 11.1. The molecule has 1 heterocycles. The summed E-state index contributed by atoms with van der Waals surface area (Å²) in [7, 11) is 0. The lowest BCUT2D eigenvalue weighted by molar-refractivity contribution is -0.140. The molecule has 92 valence electrons. The third kappa shape index (κ3) is 2.54. The van der Waals surface area contributed by atoms with E-state index in [1.807, 2.05) is 11.8 Å². The molecule has 2 aliphatic rings. The molecule has 2 rings (SSSR count). The van der Waals surface area contributed by atoms with Gasteiger partial charge in [0, 0.05) is 0 Å². The molecule has 1 atom stereocenters. The lowest BCUT2D eigenvalue weighted by Gasteiger charge is -2.47. The monoisotopic (exact) mass is 243 g/mol. The van der Waals surface area contributed by atoms with Gasteiger partial charge in [0.15, 0.2) is 0 Å². The van der Waals surface area contributed by atoms with Gasteiger partial charge in [0.1, 0.15) is 6.04 Å². The Bertz CT molecular complexity index is 281. The number of hydrogen-bond donors (Lipinski definition) is 2. The summed E-state index contributed by atoms with van der Waals surface area (Å²) >= 11 is 1.93. The first-order valence-corrected chi connectivity index (χ1v) is 7.06. The minimum absolute atomic E-state index is 0.0524. The highest BCUT2D eigenvalue weighted by Crippen LogP contribution is 2.47. The van der Waals surface area contributed by atoms with Crippen LogP contribution in [0.15, 0.2) is 0 Å². The number of carboxylic acids is 1. The van der Waals surface area contributed by atoms with Crippen LogP contribution < -0.4 is 5.32 Å². The molecule has 2 fully saturated rings. The summed E-state index contributed by atoms with van der Waals surface area (Å²) in [5, 5.41) is 12.5. The van der Waals surface area contributed by atoms with Gasteiger partial charge in [-0.25, -0.2) is 0 Å². The number of thioether (sulfide) groups is 1. The largest absolute Gasteiger partial charge is 0.480 e. The van der Waals surface area contributed by atoms with E-state index in [0.29, 0.717) is 5.41 Å². The molecule has 1 unspecified atom stereocenters. The van der Waals surface area contributed by atoms with Gasteiger partial charge in [0.2, 0.25) is 0 Å². The van der Waals surface area contributed by atoms with Crippen molar-refractivity contribution < 1.29 is 9.90 Å². The van der Waals surface area contributed by atoms with E-state index in [-0.39, 0.29) is 10.9 Å². The van der Waals surface area contributed by atoms with Crippen LogP contribution in [0.5, 0.6) is 0 Å². The predicted molar refractivity (Wildman–Crippen MR) is 66.6 cm³/mol. The van der Waals surface area contributed by atoms with E-state index in [1.165, 1.54) is 12.8 Å². The first kappa shape index (κ1) is 12.2. The van der Waals surface area contributed by atoms with Gasteiger partial charge >= 0.3 is 5.97 Å². The first-order chi connectivity index (χ1) is 7.43. The quantitative estimate of drug-likeness (QED) is 0.743. The molecule has 1 aliphatic carbocycles. The minimum atomic E-state index is -0.690. The van der Waals surface area contributed by atoms with Crippen molar-refractivity contribution in [3.8, 4) is 0 Å². The number of aliphatic carboxylic acids is 1. The molecule has 2 N–H and O–H groups in total. The van der Waals surface area contributed by atoms with Gasteiger partial charge in [-0.3, -0.25) is 10.1 Å². The average Bonchev–Trinajstić information content (AvgIpc) is 2.24. The van der Waals surface area contributed by atoms with E-state index in [0.717, 1.165) is 25.0 Å². The van der Waals surface area contributed by atoms with Crippen LogP contribution in [0.4, 0.5) is 0 Å². The maximum Gasteiger partial charge on any atom is 0.320 e. The van der Waals surface area contributed by atoms with E-state index in [1.54, 1.807) is 0 Å². The number of carbonyl (C=O) groups is 1. The summed E-state index contributed by atoms with van der Waals surface area (Å²) in [6.07, 6.45) is 5.35. The van der Waals surface area contributed by atoms with E-state index < -0.39 is 5.97 Å². The molecular formula is C12H21NO2S. The molecule has 1 aliphatic heterocycles. The standard InChI is InChI=1S/C12H21NO2S/c1-11(2)4-6-12(7-5-11)13-9(10(14)15)3-8-16-12/h9,13H,3-8H2,1-2H3,(H,14,15). The number of rotatable bonds is 1. The smallest absolute Gasteiger partial charge is 0.320 e. The molecule has 0 aromatic heterocycles. The van der Waals surface area contributed by atoms with Crippen molar-refractivity contribution in [3.05, 3.63) is 0 Å². The van der Waals surface area contributed by atoms with Gasteiger partial charge < -0.3 is 5.11 Å². The fourth-order valence-corrected chi connectivity index (χ4v) is 4.07. The van der Waals surface area contributed by atoms with Crippen molar-refractivity contribution in [2.75, 3.05) is 5.75 Å². The summed E-state index contributed by atoms with van der Waals surface area (Å²) in [6, 6.07) is -0.331. The van der Waals surface area contributed by atoms with Crippen molar-refractivity contribution >= 4 is 17.7 Å². The van der Waals surface area contributed by atoms with Gasteiger partial charge in [-0.1, -0.05) is 13.8 Å². The Morgan fingerprint density at radius 1 is 1.31 bits per heavy atom. The van der Waals surface area contributed by atoms with Crippen LogP contribution in [-0.2, 0) is 4.79 Å². The number of hydrogen-bond acceptors (Lipinski definition) is 3. The minimum Gasteiger partial charge on any atom is -0.480 e. The van der Waals surface area contributed by atoms with Gasteiger partial charge in [-0.15, -0.1) is 11.8 Å². The maximum atomic E-state index is 11.0. The molecule has 4 heteroatoms. The van der Waals surface area contributed by atoms with Crippen LogP contribution in [0.2, 0.25) is 0 Å². The molecule has 16 heavy (non-hydrogen) atoms. The molecule has 0 amide bonds. The normalized spacial score (nSPS) is 32.5. The highest BCUT2D eigenvalue weighted by molar-refractivity contribution is 8.00. The zero-order chi connectivity index (χ0) is 11.8. The highest BCUT2D eigenvalue weighted by Gasteiger charge is 2.43. The molecule has 0 aromatic carbocycles. The van der Waals surface area contributed by atoms with E-state index >= 15 is 0 Å². The van der Waals surface area contributed by atoms with Crippen molar-refractivity contribution in [2.24, 2.45) is 5.41 Å². The Hall–Kier alpha value is -0.220. The van der Waals surface area contributed by atoms with Crippen LogP contribution in [0, 0.1) is 5.41 Å². The SMILES string of the molecule is CC1(C)CCC2(CC1)NC(C(=O)O)CCS2. The van der Waals surface area contributed by atoms with Gasteiger partial charge in [0.05, 0.1) is 4.87 Å². The second-order valence-corrected chi connectivity index (χ2v) is 7.31. The maximum absolute atomic E-state index is 11.0. The molecule has 0 bridgehead atoms. The van der Waals surface area contributed by atoms with Crippen molar-refractivity contribution in [1.82, 2.24) is 5.32 Å². The van der Waals surface area contributed by atoms with E-state index in [4.69, 9.17) is 5.11 Å². The molecule has 3 nitrogen and oxygen atoms in total. The highest BCUT2D eigenvalue weighted by atomic mass is 32.2. The van der Waals surface area contributed by atoms with Gasteiger partial charge in [-0.2, -0.15) is 0 Å². The number of carboxylic acid groups (broad SMARTS) is 1. The lowest BCUT2D eigenvalue weighted by Crippen LogP contribution is -2.56. The summed E-state index contributed by atoms with van der Waals surface area (Å²) in [6.45, 7) is 4.62. The lowest BCUT2D eigenvalue weighted by atomic mass is 9.75. The van der Waals surface area contributed by atoms with Crippen LogP contribution >= 0.6 is 11.8 Å². The fourth-order valence-electron chi connectivity index (χ4n) is 2.61. The average molecular weight is 243 g/mol. The zero-order valence-corrected chi connectivity index (χ0v) is 10.9. The predicted octanol–water partition coefficient (Wildman–Crippen LogP) is 2.46. The number of nitrogens with one attached hydrogen (secondary N) is 1. The molecule has 0 radical (unpaired) electrons. The summed E-state index contributed by atoms with van der Waals surface area (Å²) in [5.41, 5.74) is 0.434. The van der Waals surface area contributed by atoms with Crippen LogP contribution in [0.1, 0.15) is 46.0 Å². The van der Waals surface area contributed by atoms with Crippen molar-refractivity contribution in [1.29, 1.82) is 0 Å². The van der Waals surface area contributed by atoms with Gasteiger partial charge in [0.25, 0.3) is 0 Å². The second-order valence-electron chi connectivity index (χ2n) is 5.83. The Morgan fingerprint density at radius 2 is 1.94 bits per heavy atom. The third-order valence-electron chi connectivity index (χ3n) is 3.93. The third-order valence-corrected chi connectivity index (χ3v) is 5.45. The molecule has 1 spiro atoms. The van der Waals surface area contributed by atoms with Gasteiger partial charge in [-0.05, 0) is 43.3 Å². The van der Waals surface area contributed by atoms with Crippen LogP contribution in [0.3, 0.4) is 0 Å². The van der Waals surface area contributed by atoms with Crippen LogP contribution in [0.25, 0.3) is 0 Å². The Morgan fingerprint density at radius 3 is 2.50 bits per heavy atom. The van der Waals surface area contributed by atoms with Crippen molar-refractivity contribution in [2.45, 2.75) is 56.9 Å². The summed E-state index contributed by atoms with van der Waals surface area (Å²) in [5.74, 6) is 0.286. The summed E-state index contributed by atoms with van der Waals surface area (Å²) < 4.78 is 0. The van der Waals surface area contributed by atoms with E-state index in [9.17, 15) is 4.79 Å². The molecule has 1 saturated heterocycles.